The van der Waals surface area contributed by atoms with E-state index >= 15 is 0 Å². The Morgan fingerprint density at radius 1 is 0.524 bits per heavy atom. The van der Waals surface area contributed by atoms with Crippen LogP contribution >= 0.6 is 0 Å². The Balaban J connectivity index is 2.10. The topological polar surface area (TPSA) is 0 Å². The van der Waals surface area contributed by atoms with Gasteiger partial charge in [-0.25, -0.2) is 0 Å². The van der Waals surface area contributed by atoms with Gasteiger partial charge in [0, 0.05) is 0 Å². The van der Waals surface area contributed by atoms with Crippen LogP contribution in [0.25, 0.3) is 32.7 Å². The molecular formula is C21H15. The number of rotatable bonds is 1. The van der Waals surface area contributed by atoms with Crippen molar-refractivity contribution >= 4 is 21.5 Å². The van der Waals surface area contributed by atoms with Crippen LogP contribution in [0.15, 0.2) is 78.9 Å². The van der Waals surface area contributed by atoms with Crippen molar-refractivity contribution in [2.75, 3.05) is 0 Å². The molecule has 0 heterocycles. The van der Waals surface area contributed by atoms with Gasteiger partial charge in [-0.1, -0.05) is 66.7 Å². The Hall–Kier alpha value is -2.60. The van der Waals surface area contributed by atoms with E-state index in [4.69, 9.17) is 0 Å². The van der Waals surface area contributed by atoms with Crippen LogP contribution in [0.1, 0.15) is 5.56 Å². The summed E-state index contributed by atoms with van der Waals surface area (Å²) in [6.07, 6.45) is 0. The lowest BCUT2D eigenvalue weighted by Gasteiger charge is -2.11. The summed E-state index contributed by atoms with van der Waals surface area (Å²) >= 11 is 0. The zero-order valence-electron chi connectivity index (χ0n) is 11.7. The van der Waals surface area contributed by atoms with E-state index in [1.807, 2.05) is 6.07 Å². The highest BCUT2D eigenvalue weighted by molar-refractivity contribution is 6.05. The van der Waals surface area contributed by atoms with Gasteiger partial charge in [-0.3, -0.25) is 0 Å². The molecule has 4 aromatic carbocycles. The van der Waals surface area contributed by atoms with Crippen LogP contribution in [0.2, 0.25) is 0 Å². The largest absolute Gasteiger partial charge is 0.0620 e. The SMILES string of the molecule is [CH2]c1ccccc1-c1cccc2cc3ccccc3cc12. The standard InChI is InChI=1S/C21H15/c1-15-7-2-5-11-19(15)20-12-6-10-18-13-16-8-3-4-9-17(16)14-21(18)20/h2-14H,1H2. The quantitative estimate of drug-likeness (QED) is 0.380. The van der Waals surface area contributed by atoms with Crippen LogP contribution in [0.3, 0.4) is 0 Å². The molecule has 0 unspecified atom stereocenters. The molecule has 0 aliphatic heterocycles. The van der Waals surface area contributed by atoms with Crippen LogP contribution in [0, 0.1) is 6.92 Å². The number of fused-ring (bicyclic) bond motifs is 2. The molecule has 0 aliphatic rings. The molecule has 0 heteroatoms. The van der Waals surface area contributed by atoms with Crippen LogP contribution in [0.4, 0.5) is 0 Å². The normalized spacial score (nSPS) is 11.1. The molecule has 4 aromatic rings. The first kappa shape index (κ1) is 12.2. The minimum atomic E-state index is 1.07. The molecule has 0 fully saturated rings. The van der Waals surface area contributed by atoms with Crippen LogP contribution in [0.5, 0.6) is 0 Å². The van der Waals surface area contributed by atoms with E-state index < -0.39 is 0 Å². The van der Waals surface area contributed by atoms with Crippen molar-refractivity contribution < 1.29 is 0 Å². The van der Waals surface area contributed by atoms with Gasteiger partial charge in [0.05, 0.1) is 0 Å². The number of hydrogen-bond acceptors (Lipinski definition) is 0. The van der Waals surface area contributed by atoms with Crippen molar-refractivity contribution in [3.63, 3.8) is 0 Å². The van der Waals surface area contributed by atoms with Gasteiger partial charge in [0.15, 0.2) is 0 Å². The monoisotopic (exact) mass is 267 g/mol. The van der Waals surface area contributed by atoms with Crippen molar-refractivity contribution in [2.45, 2.75) is 0 Å². The van der Waals surface area contributed by atoms with Crippen molar-refractivity contribution in [1.82, 2.24) is 0 Å². The van der Waals surface area contributed by atoms with Gasteiger partial charge in [-0.05, 0) is 57.3 Å². The number of hydrogen-bond donors (Lipinski definition) is 0. The third-order valence-corrected chi connectivity index (χ3v) is 4.05. The molecule has 0 atom stereocenters. The second-order valence-corrected chi connectivity index (χ2v) is 5.38. The molecule has 0 saturated carbocycles. The fourth-order valence-electron chi connectivity index (χ4n) is 2.98. The fraction of sp³-hybridized carbons (Fsp3) is 0. The molecule has 1 radical (unpaired) electrons. The molecule has 0 aliphatic carbocycles. The zero-order valence-corrected chi connectivity index (χ0v) is 11.7. The van der Waals surface area contributed by atoms with Crippen LogP contribution < -0.4 is 0 Å². The van der Waals surface area contributed by atoms with Gasteiger partial charge in [0.25, 0.3) is 0 Å². The maximum Gasteiger partial charge on any atom is -0.00989 e. The van der Waals surface area contributed by atoms with Gasteiger partial charge in [0.2, 0.25) is 0 Å². The molecule has 21 heavy (non-hydrogen) atoms. The van der Waals surface area contributed by atoms with Gasteiger partial charge in [-0.15, -0.1) is 0 Å². The van der Waals surface area contributed by atoms with Crippen molar-refractivity contribution in [2.24, 2.45) is 0 Å². The Kier molecular flexibility index (Phi) is 2.75. The second-order valence-electron chi connectivity index (χ2n) is 5.38. The molecule has 0 spiro atoms. The molecule has 0 nitrogen and oxygen atoms in total. The summed E-state index contributed by atoms with van der Waals surface area (Å²) in [6.45, 7) is 4.17. The minimum Gasteiger partial charge on any atom is -0.0620 e. The second kappa shape index (κ2) is 4.75. The van der Waals surface area contributed by atoms with Crippen molar-refractivity contribution in [1.29, 1.82) is 0 Å². The van der Waals surface area contributed by atoms with E-state index in [2.05, 4.69) is 79.7 Å². The average Bonchev–Trinajstić information content (AvgIpc) is 2.53. The van der Waals surface area contributed by atoms with E-state index in [9.17, 15) is 0 Å². The molecular weight excluding hydrogens is 252 g/mol. The first-order chi connectivity index (χ1) is 10.3. The first-order valence-electron chi connectivity index (χ1n) is 7.16. The predicted octanol–water partition coefficient (Wildman–Crippen LogP) is 5.84. The highest BCUT2D eigenvalue weighted by atomic mass is 14.1. The summed E-state index contributed by atoms with van der Waals surface area (Å²) in [5.74, 6) is 0. The Morgan fingerprint density at radius 3 is 1.95 bits per heavy atom. The van der Waals surface area contributed by atoms with E-state index in [-0.39, 0.29) is 0 Å². The molecule has 0 N–H and O–H groups in total. The van der Waals surface area contributed by atoms with Gasteiger partial charge >= 0.3 is 0 Å². The molecule has 0 bridgehead atoms. The molecule has 0 aromatic heterocycles. The maximum absolute atomic E-state index is 4.17. The molecule has 99 valence electrons. The maximum atomic E-state index is 4.17. The van der Waals surface area contributed by atoms with E-state index in [0.717, 1.165) is 5.56 Å². The summed E-state index contributed by atoms with van der Waals surface area (Å²) in [7, 11) is 0. The van der Waals surface area contributed by atoms with Crippen LogP contribution in [-0.4, -0.2) is 0 Å². The van der Waals surface area contributed by atoms with Gasteiger partial charge < -0.3 is 0 Å². The third-order valence-electron chi connectivity index (χ3n) is 4.05. The predicted molar refractivity (Wildman–Crippen MR) is 91.3 cm³/mol. The van der Waals surface area contributed by atoms with E-state index in [1.165, 1.54) is 32.7 Å². The molecule has 0 amide bonds. The van der Waals surface area contributed by atoms with Gasteiger partial charge in [-0.2, -0.15) is 0 Å². The van der Waals surface area contributed by atoms with Crippen molar-refractivity contribution in [3.05, 3.63) is 91.3 Å². The highest BCUT2D eigenvalue weighted by Gasteiger charge is 2.07. The summed E-state index contributed by atoms with van der Waals surface area (Å²) < 4.78 is 0. The lowest BCUT2D eigenvalue weighted by Crippen LogP contribution is -1.85. The minimum absolute atomic E-state index is 1.07. The Morgan fingerprint density at radius 2 is 1.14 bits per heavy atom. The molecule has 0 saturated heterocycles. The Labute approximate surface area is 124 Å². The summed E-state index contributed by atoms with van der Waals surface area (Å²) in [4.78, 5) is 0. The van der Waals surface area contributed by atoms with Gasteiger partial charge in [0.1, 0.15) is 0 Å². The molecule has 4 rings (SSSR count). The summed E-state index contributed by atoms with van der Waals surface area (Å²) in [5, 5.41) is 5.12. The smallest absolute Gasteiger partial charge is 0.00989 e. The third kappa shape index (κ3) is 2.00. The summed E-state index contributed by atoms with van der Waals surface area (Å²) in [6, 6.07) is 27.9. The lowest BCUT2D eigenvalue weighted by atomic mass is 9.93. The average molecular weight is 267 g/mol. The first-order valence-corrected chi connectivity index (χ1v) is 7.16. The van der Waals surface area contributed by atoms with E-state index in [0.29, 0.717) is 0 Å². The van der Waals surface area contributed by atoms with Crippen molar-refractivity contribution in [3.8, 4) is 11.1 Å². The lowest BCUT2D eigenvalue weighted by molar-refractivity contribution is 1.59. The fourth-order valence-corrected chi connectivity index (χ4v) is 2.98. The Bertz CT molecular complexity index is 948. The van der Waals surface area contributed by atoms with E-state index in [1.54, 1.807) is 0 Å². The summed E-state index contributed by atoms with van der Waals surface area (Å²) in [5.41, 5.74) is 3.53. The number of benzene rings is 4. The highest BCUT2D eigenvalue weighted by Crippen LogP contribution is 2.33. The van der Waals surface area contributed by atoms with Crippen LogP contribution in [-0.2, 0) is 0 Å². The zero-order chi connectivity index (χ0) is 14.2.